The lowest BCUT2D eigenvalue weighted by Gasteiger charge is -2.14. The largest absolute Gasteiger partial charge is 0.442 e. The van der Waals surface area contributed by atoms with Gasteiger partial charge in [-0.05, 0) is 25.1 Å². The molecule has 2 rings (SSSR count). The van der Waals surface area contributed by atoms with E-state index in [9.17, 15) is 4.79 Å². The first-order valence-corrected chi connectivity index (χ1v) is 7.74. The Morgan fingerprint density at radius 1 is 1.41 bits per heavy atom. The van der Waals surface area contributed by atoms with E-state index < -0.39 is 6.10 Å². The summed E-state index contributed by atoms with van der Waals surface area (Å²) in [5, 5.41) is 0. The Morgan fingerprint density at radius 3 is 2.73 bits per heavy atom. The predicted octanol–water partition coefficient (Wildman–Crippen LogP) is 4.16. The molecule has 0 aliphatic heterocycles. The minimum atomic E-state index is -0.479. The molecular weight excluding hydrogens is 348 g/mol. The highest BCUT2D eigenvalue weighted by Crippen LogP contribution is 2.25. The maximum absolute atomic E-state index is 12.0. The van der Waals surface area contributed by atoms with E-state index in [1.54, 1.807) is 31.3 Å². The van der Waals surface area contributed by atoms with Gasteiger partial charge in [-0.2, -0.15) is 0 Å². The summed E-state index contributed by atoms with van der Waals surface area (Å²) < 4.78 is 6.50. The van der Waals surface area contributed by atoms with Crippen LogP contribution in [0.4, 0.5) is 0 Å². The summed E-state index contributed by atoms with van der Waals surface area (Å²) in [6, 6.07) is 7.05. The molecule has 1 aromatic carbocycles. The number of carbonyl (C=O) groups excluding carboxylic acids is 1. The van der Waals surface area contributed by atoms with Crippen LogP contribution >= 0.6 is 15.9 Å². The van der Waals surface area contributed by atoms with Crippen molar-refractivity contribution in [3.8, 4) is 0 Å². The monoisotopic (exact) mass is 366 g/mol. The number of halogens is 1. The molecule has 1 N–H and O–H groups in total. The highest BCUT2D eigenvalue weighted by Gasteiger charge is 2.22. The minimum Gasteiger partial charge on any atom is -0.442 e. The number of rotatable bonds is 4. The van der Waals surface area contributed by atoms with Gasteiger partial charge in [-0.15, -0.1) is 0 Å². The minimum absolute atomic E-state index is 0.121. The van der Waals surface area contributed by atoms with Crippen LogP contribution in [0.1, 0.15) is 55.8 Å². The Kier molecular flexibility index (Phi) is 5.03. The summed E-state index contributed by atoms with van der Waals surface area (Å²) in [7, 11) is 0. The molecular formula is C16H19BrN2O3. The van der Waals surface area contributed by atoms with Crippen LogP contribution in [0.5, 0.6) is 0 Å². The van der Waals surface area contributed by atoms with E-state index in [0.29, 0.717) is 11.5 Å². The highest BCUT2D eigenvalue weighted by molar-refractivity contribution is 9.10. The Balaban J connectivity index is 1.96. The molecule has 0 saturated carbocycles. The van der Waals surface area contributed by atoms with Crippen molar-refractivity contribution < 1.29 is 14.0 Å². The molecule has 0 bridgehead atoms. The number of hydroxylamine groups is 1. The van der Waals surface area contributed by atoms with E-state index in [1.165, 1.54) is 0 Å². The number of hydrogen-bond acceptors (Lipinski definition) is 4. The van der Waals surface area contributed by atoms with Gasteiger partial charge < -0.3 is 4.42 Å². The molecule has 2 aromatic rings. The molecule has 6 heteroatoms. The van der Waals surface area contributed by atoms with E-state index >= 15 is 0 Å². The fourth-order valence-electron chi connectivity index (χ4n) is 1.70. The zero-order valence-electron chi connectivity index (χ0n) is 13.0. The molecule has 1 heterocycles. The van der Waals surface area contributed by atoms with Gasteiger partial charge in [0, 0.05) is 15.5 Å². The summed E-state index contributed by atoms with van der Waals surface area (Å²) in [5.74, 6) is 0.881. The van der Waals surface area contributed by atoms with Gasteiger partial charge in [-0.3, -0.25) is 9.63 Å². The van der Waals surface area contributed by atoms with Gasteiger partial charge in [0.1, 0.15) is 5.76 Å². The van der Waals surface area contributed by atoms with Crippen LogP contribution in [-0.2, 0) is 10.3 Å². The average molecular weight is 367 g/mol. The molecule has 1 amide bonds. The van der Waals surface area contributed by atoms with E-state index in [1.807, 2.05) is 26.8 Å². The fourth-order valence-corrected chi connectivity index (χ4v) is 2.10. The molecule has 0 fully saturated rings. The van der Waals surface area contributed by atoms with Gasteiger partial charge in [-0.25, -0.2) is 10.5 Å². The number of benzene rings is 1. The van der Waals surface area contributed by atoms with E-state index in [2.05, 4.69) is 26.4 Å². The Bertz CT molecular complexity index is 661. The molecule has 0 unspecified atom stereocenters. The summed E-state index contributed by atoms with van der Waals surface area (Å²) in [5.41, 5.74) is 2.80. The van der Waals surface area contributed by atoms with Crippen LogP contribution in [-0.4, -0.2) is 10.9 Å². The van der Waals surface area contributed by atoms with Crippen LogP contribution in [0.3, 0.4) is 0 Å². The molecule has 118 valence electrons. The standard InChI is InChI=1S/C16H19BrN2O3/c1-10(15-18-9-13(21-15)16(2,3)4)22-19-14(20)11-6-5-7-12(17)8-11/h5-10H,1-4H3,(H,19,20)/t10-/m1/s1. The lowest BCUT2D eigenvalue weighted by Crippen LogP contribution is -2.25. The second-order valence-corrected chi connectivity index (χ2v) is 6.93. The number of hydrogen-bond donors (Lipinski definition) is 1. The fraction of sp³-hybridized carbons (Fsp3) is 0.375. The van der Waals surface area contributed by atoms with Gasteiger partial charge >= 0.3 is 0 Å². The molecule has 22 heavy (non-hydrogen) atoms. The van der Waals surface area contributed by atoms with Gasteiger partial charge in [0.2, 0.25) is 5.89 Å². The third-order valence-corrected chi connectivity index (χ3v) is 3.52. The lowest BCUT2D eigenvalue weighted by molar-refractivity contribution is -0.0206. The van der Waals surface area contributed by atoms with Crippen molar-refractivity contribution in [2.45, 2.75) is 39.2 Å². The van der Waals surface area contributed by atoms with Gasteiger partial charge in [0.25, 0.3) is 5.91 Å². The summed E-state index contributed by atoms with van der Waals surface area (Å²) in [4.78, 5) is 21.5. The summed E-state index contributed by atoms with van der Waals surface area (Å²) in [6.07, 6.45) is 1.21. The van der Waals surface area contributed by atoms with Crippen molar-refractivity contribution >= 4 is 21.8 Å². The average Bonchev–Trinajstić information content (AvgIpc) is 2.94. The van der Waals surface area contributed by atoms with Crippen molar-refractivity contribution in [1.29, 1.82) is 0 Å². The Labute approximate surface area is 138 Å². The van der Waals surface area contributed by atoms with Crippen molar-refractivity contribution in [3.63, 3.8) is 0 Å². The van der Waals surface area contributed by atoms with E-state index in [0.717, 1.165) is 10.2 Å². The lowest BCUT2D eigenvalue weighted by atomic mass is 9.94. The van der Waals surface area contributed by atoms with Crippen molar-refractivity contribution in [1.82, 2.24) is 10.5 Å². The topological polar surface area (TPSA) is 64.4 Å². The summed E-state index contributed by atoms with van der Waals surface area (Å²) >= 11 is 3.32. The predicted molar refractivity (Wildman–Crippen MR) is 86.3 cm³/mol. The SMILES string of the molecule is C[C@@H](ONC(=O)c1cccc(Br)c1)c1ncc(C(C)(C)C)o1. The molecule has 1 aromatic heterocycles. The first-order chi connectivity index (χ1) is 10.3. The second kappa shape index (κ2) is 6.62. The van der Waals surface area contributed by atoms with Crippen molar-refractivity contribution in [3.05, 3.63) is 52.1 Å². The maximum atomic E-state index is 12.0. The van der Waals surface area contributed by atoms with Crippen LogP contribution in [0, 0.1) is 0 Å². The third kappa shape index (κ3) is 4.18. The van der Waals surface area contributed by atoms with Gasteiger partial charge in [-0.1, -0.05) is 42.8 Å². The normalized spacial score (nSPS) is 13.0. The molecule has 0 spiro atoms. The quantitative estimate of drug-likeness (QED) is 0.825. The van der Waals surface area contributed by atoms with Crippen LogP contribution in [0.2, 0.25) is 0 Å². The first-order valence-electron chi connectivity index (χ1n) is 6.95. The summed E-state index contributed by atoms with van der Waals surface area (Å²) in [6.45, 7) is 7.88. The molecule has 0 saturated heterocycles. The third-order valence-electron chi connectivity index (χ3n) is 3.03. The Morgan fingerprint density at radius 2 is 2.14 bits per heavy atom. The number of nitrogens with one attached hydrogen (secondary N) is 1. The molecule has 0 aliphatic carbocycles. The van der Waals surface area contributed by atoms with Gasteiger partial charge in [0.05, 0.1) is 6.20 Å². The molecule has 0 radical (unpaired) electrons. The van der Waals surface area contributed by atoms with Crippen molar-refractivity contribution in [2.24, 2.45) is 0 Å². The first kappa shape index (κ1) is 16.7. The smallest absolute Gasteiger partial charge is 0.274 e. The zero-order chi connectivity index (χ0) is 16.3. The van der Waals surface area contributed by atoms with Crippen LogP contribution in [0.15, 0.2) is 39.4 Å². The van der Waals surface area contributed by atoms with E-state index in [4.69, 9.17) is 9.25 Å². The van der Waals surface area contributed by atoms with Crippen LogP contribution < -0.4 is 5.48 Å². The van der Waals surface area contributed by atoms with Gasteiger partial charge in [0.15, 0.2) is 6.10 Å². The second-order valence-electron chi connectivity index (χ2n) is 6.01. The highest BCUT2D eigenvalue weighted by atomic mass is 79.9. The van der Waals surface area contributed by atoms with Crippen molar-refractivity contribution in [2.75, 3.05) is 0 Å². The molecule has 1 atom stereocenters. The van der Waals surface area contributed by atoms with Crippen LogP contribution in [0.25, 0.3) is 0 Å². The Hall–Kier alpha value is -1.66. The number of nitrogens with zero attached hydrogens (tertiary/aromatic N) is 1. The zero-order valence-corrected chi connectivity index (χ0v) is 14.6. The number of aromatic nitrogens is 1. The van der Waals surface area contributed by atoms with E-state index in [-0.39, 0.29) is 11.3 Å². The maximum Gasteiger partial charge on any atom is 0.274 e. The number of amides is 1. The molecule has 0 aliphatic rings. The molecule has 5 nitrogen and oxygen atoms in total. The number of carbonyl (C=O) groups is 1. The number of oxazole rings is 1.